The number of ether oxygens (including phenoxy) is 1. The molecule has 1 rings (SSSR count). The standard InChI is InChI=1S/C11H17NO2/c1-5-6-8(2)9(13)10-12-11(3,4)7-14-10/h5,8H,1,6-7H2,2-4H3/t8-/m1/s1. The van der Waals surface area contributed by atoms with Crippen LogP contribution >= 0.6 is 0 Å². The van der Waals surface area contributed by atoms with E-state index in [1.807, 2.05) is 20.8 Å². The topological polar surface area (TPSA) is 38.7 Å². The Labute approximate surface area is 84.9 Å². The van der Waals surface area contributed by atoms with Crippen molar-refractivity contribution in [1.82, 2.24) is 0 Å². The van der Waals surface area contributed by atoms with Crippen molar-refractivity contribution in [2.45, 2.75) is 32.7 Å². The Hall–Kier alpha value is -1.12. The summed E-state index contributed by atoms with van der Waals surface area (Å²) in [5.74, 6) is 0.181. The summed E-state index contributed by atoms with van der Waals surface area (Å²) in [7, 11) is 0. The van der Waals surface area contributed by atoms with Gasteiger partial charge in [-0.2, -0.15) is 0 Å². The fourth-order valence-electron chi connectivity index (χ4n) is 1.28. The molecule has 0 saturated carbocycles. The predicted octanol–water partition coefficient (Wildman–Crippen LogP) is 1.98. The molecule has 14 heavy (non-hydrogen) atoms. The van der Waals surface area contributed by atoms with Gasteiger partial charge in [0.05, 0.1) is 5.54 Å². The first-order valence-electron chi connectivity index (χ1n) is 4.84. The second kappa shape index (κ2) is 3.95. The van der Waals surface area contributed by atoms with Crippen molar-refractivity contribution in [2.24, 2.45) is 10.9 Å². The average Bonchev–Trinajstić information content (AvgIpc) is 2.45. The lowest BCUT2D eigenvalue weighted by atomic mass is 10.0. The van der Waals surface area contributed by atoms with Crippen molar-refractivity contribution in [2.75, 3.05) is 6.61 Å². The normalized spacial score (nSPS) is 20.9. The van der Waals surface area contributed by atoms with Gasteiger partial charge in [-0.15, -0.1) is 6.58 Å². The fourth-order valence-corrected chi connectivity index (χ4v) is 1.28. The van der Waals surface area contributed by atoms with Gasteiger partial charge in [0.15, 0.2) is 0 Å². The zero-order valence-electron chi connectivity index (χ0n) is 9.04. The van der Waals surface area contributed by atoms with E-state index < -0.39 is 0 Å². The van der Waals surface area contributed by atoms with Crippen LogP contribution in [0.3, 0.4) is 0 Å². The zero-order valence-corrected chi connectivity index (χ0v) is 9.04. The number of hydrogen-bond acceptors (Lipinski definition) is 3. The molecule has 0 unspecified atom stereocenters. The summed E-state index contributed by atoms with van der Waals surface area (Å²) >= 11 is 0. The molecule has 0 aromatic carbocycles. The predicted molar refractivity (Wildman–Crippen MR) is 56.5 cm³/mol. The summed E-state index contributed by atoms with van der Waals surface area (Å²) in [5.41, 5.74) is -0.251. The first-order valence-corrected chi connectivity index (χ1v) is 4.84. The lowest BCUT2D eigenvalue weighted by Gasteiger charge is -2.07. The van der Waals surface area contributed by atoms with Crippen LogP contribution in [0.4, 0.5) is 0 Å². The van der Waals surface area contributed by atoms with E-state index in [4.69, 9.17) is 4.74 Å². The molecule has 0 aromatic heterocycles. The minimum Gasteiger partial charge on any atom is -0.473 e. The summed E-state index contributed by atoms with van der Waals surface area (Å²) in [5, 5.41) is 0. The van der Waals surface area contributed by atoms with Gasteiger partial charge >= 0.3 is 0 Å². The fraction of sp³-hybridized carbons (Fsp3) is 0.636. The summed E-state index contributed by atoms with van der Waals surface area (Å²) in [4.78, 5) is 16.0. The number of carbonyl (C=O) groups excluding carboxylic acids is 1. The van der Waals surface area contributed by atoms with Crippen LogP contribution < -0.4 is 0 Å². The molecule has 0 amide bonds. The Balaban J connectivity index is 2.67. The molecule has 0 aliphatic carbocycles. The zero-order chi connectivity index (χ0) is 10.8. The van der Waals surface area contributed by atoms with Crippen molar-refractivity contribution >= 4 is 11.7 Å². The highest BCUT2D eigenvalue weighted by atomic mass is 16.5. The first kappa shape index (κ1) is 11.0. The second-order valence-corrected chi connectivity index (χ2v) is 4.31. The molecule has 3 nitrogen and oxygen atoms in total. The number of carbonyl (C=O) groups is 1. The number of hydrogen-bond donors (Lipinski definition) is 0. The van der Waals surface area contributed by atoms with E-state index in [0.29, 0.717) is 13.0 Å². The monoisotopic (exact) mass is 195 g/mol. The highest BCUT2D eigenvalue weighted by Gasteiger charge is 2.31. The largest absolute Gasteiger partial charge is 0.473 e. The van der Waals surface area contributed by atoms with Gasteiger partial charge < -0.3 is 4.74 Å². The van der Waals surface area contributed by atoms with E-state index in [2.05, 4.69) is 11.6 Å². The number of ketones is 1. The molecular formula is C11H17NO2. The lowest BCUT2D eigenvalue weighted by molar-refractivity contribution is -0.117. The van der Waals surface area contributed by atoms with E-state index in [1.165, 1.54) is 0 Å². The van der Waals surface area contributed by atoms with Crippen molar-refractivity contribution in [3.8, 4) is 0 Å². The van der Waals surface area contributed by atoms with Gasteiger partial charge in [-0.25, -0.2) is 4.99 Å². The third kappa shape index (κ3) is 2.44. The molecule has 0 bridgehead atoms. The SMILES string of the molecule is C=CC[C@@H](C)C(=O)C1=NC(C)(C)CO1. The van der Waals surface area contributed by atoms with Gasteiger partial charge in [0, 0.05) is 5.92 Å². The molecule has 0 saturated heterocycles. The van der Waals surface area contributed by atoms with E-state index in [0.717, 1.165) is 0 Å². The average molecular weight is 195 g/mol. The van der Waals surface area contributed by atoms with Crippen molar-refractivity contribution < 1.29 is 9.53 Å². The van der Waals surface area contributed by atoms with Crippen LogP contribution in [0.2, 0.25) is 0 Å². The van der Waals surface area contributed by atoms with Crippen LogP contribution in [-0.4, -0.2) is 23.8 Å². The second-order valence-electron chi connectivity index (χ2n) is 4.31. The van der Waals surface area contributed by atoms with Crippen molar-refractivity contribution in [3.05, 3.63) is 12.7 Å². The summed E-state index contributed by atoms with van der Waals surface area (Å²) in [6.07, 6.45) is 2.41. The maximum atomic E-state index is 11.7. The Kier molecular flexibility index (Phi) is 3.09. The van der Waals surface area contributed by atoms with Crippen LogP contribution in [0.15, 0.2) is 17.6 Å². The Bertz CT molecular complexity index is 279. The summed E-state index contributed by atoms with van der Waals surface area (Å²) in [6.45, 7) is 9.86. The summed E-state index contributed by atoms with van der Waals surface area (Å²) < 4.78 is 5.26. The highest BCUT2D eigenvalue weighted by molar-refractivity contribution is 6.37. The van der Waals surface area contributed by atoms with Gasteiger partial charge in [-0.3, -0.25) is 4.79 Å². The quantitative estimate of drug-likeness (QED) is 0.643. The lowest BCUT2D eigenvalue weighted by Crippen LogP contribution is -2.21. The van der Waals surface area contributed by atoms with Crippen LogP contribution in [0.5, 0.6) is 0 Å². The molecule has 1 atom stereocenters. The van der Waals surface area contributed by atoms with Gasteiger partial charge in [0.25, 0.3) is 5.90 Å². The minimum absolute atomic E-state index is 0.0181. The van der Waals surface area contributed by atoms with E-state index in [1.54, 1.807) is 6.08 Å². The van der Waals surface area contributed by atoms with Crippen LogP contribution in [0.25, 0.3) is 0 Å². The maximum absolute atomic E-state index is 11.7. The Morgan fingerprint density at radius 2 is 2.43 bits per heavy atom. The van der Waals surface area contributed by atoms with Gasteiger partial charge in [0.2, 0.25) is 5.78 Å². The number of Topliss-reactive ketones (excluding diaryl/α,β-unsaturated/α-hetero) is 1. The van der Waals surface area contributed by atoms with Gasteiger partial charge in [-0.1, -0.05) is 13.0 Å². The van der Waals surface area contributed by atoms with E-state index in [-0.39, 0.29) is 23.1 Å². The summed E-state index contributed by atoms with van der Waals surface area (Å²) in [6, 6.07) is 0. The number of allylic oxidation sites excluding steroid dienone is 1. The minimum atomic E-state index is -0.251. The first-order chi connectivity index (χ1) is 6.46. The molecule has 3 heteroatoms. The Morgan fingerprint density at radius 3 is 2.86 bits per heavy atom. The van der Waals surface area contributed by atoms with Gasteiger partial charge in [0.1, 0.15) is 6.61 Å². The van der Waals surface area contributed by atoms with Crippen molar-refractivity contribution in [1.29, 1.82) is 0 Å². The molecule has 0 radical (unpaired) electrons. The third-order valence-electron chi connectivity index (χ3n) is 2.14. The number of aliphatic imine (C=N–C) groups is 1. The molecule has 0 aromatic rings. The van der Waals surface area contributed by atoms with E-state index in [9.17, 15) is 4.79 Å². The molecule has 1 aliphatic rings. The van der Waals surface area contributed by atoms with E-state index >= 15 is 0 Å². The molecule has 1 aliphatic heterocycles. The molecule has 0 fully saturated rings. The van der Waals surface area contributed by atoms with Gasteiger partial charge in [-0.05, 0) is 20.3 Å². The van der Waals surface area contributed by atoms with Crippen LogP contribution in [-0.2, 0) is 9.53 Å². The molecular weight excluding hydrogens is 178 g/mol. The highest BCUT2D eigenvalue weighted by Crippen LogP contribution is 2.19. The van der Waals surface area contributed by atoms with Crippen LogP contribution in [0, 0.1) is 5.92 Å². The molecule has 1 heterocycles. The number of rotatable bonds is 4. The van der Waals surface area contributed by atoms with Crippen LogP contribution in [0.1, 0.15) is 27.2 Å². The third-order valence-corrected chi connectivity index (χ3v) is 2.14. The maximum Gasteiger partial charge on any atom is 0.254 e. The number of nitrogens with zero attached hydrogens (tertiary/aromatic N) is 1. The Morgan fingerprint density at radius 1 is 1.79 bits per heavy atom. The molecule has 78 valence electrons. The molecule has 0 N–H and O–H groups in total. The molecule has 0 spiro atoms. The van der Waals surface area contributed by atoms with Crippen molar-refractivity contribution in [3.63, 3.8) is 0 Å². The smallest absolute Gasteiger partial charge is 0.254 e.